The topological polar surface area (TPSA) is 64.6 Å². The van der Waals surface area contributed by atoms with Gasteiger partial charge in [0.2, 0.25) is 6.10 Å². The van der Waals surface area contributed by atoms with Gasteiger partial charge in [-0.3, -0.25) is 4.79 Å². The number of carbonyl (C=O) groups is 2. The predicted molar refractivity (Wildman–Crippen MR) is 128 cm³/mol. The molecule has 0 saturated heterocycles. The summed E-state index contributed by atoms with van der Waals surface area (Å²) in [5.41, 5.74) is 1.04. The Hall–Kier alpha value is -3.35. The number of hydrogen-bond donors (Lipinski definition) is 1. The lowest BCUT2D eigenvalue weighted by atomic mass is 10.1. The van der Waals surface area contributed by atoms with Gasteiger partial charge in [0, 0.05) is 15.6 Å². The summed E-state index contributed by atoms with van der Waals surface area (Å²) in [4.78, 5) is 26.5. The highest BCUT2D eigenvalue weighted by Gasteiger charge is 2.28. The molecule has 1 unspecified atom stereocenters. The number of ether oxygens (including phenoxy) is 2. The number of hydrogen-bond acceptors (Lipinski definition) is 5. The van der Waals surface area contributed by atoms with Gasteiger partial charge in [-0.05, 0) is 25.1 Å². The van der Waals surface area contributed by atoms with Crippen molar-refractivity contribution < 1.29 is 19.1 Å². The van der Waals surface area contributed by atoms with Crippen LogP contribution in [0.25, 0.3) is 10.1 Å². The molecule has 1 amide bonds. The minimum absolute atomic E-state index is 0.260. The number of amides is 1. The third-order valence-electron chi connectivity index (χ3n) is 4.73. The maximum Gasteiger partial charge on any atom is 0.351 e. The number of para-hydroxylation sites is 2. The number of fused-ring (bicyclic) bond motifs is 1. The maximum absolute atomic E-state index is 13.2. The second kappa shape index (κ2) is 9.85. The van der Waals surface area contributed by atoms with Gasteiger partial charge in [-0.15, -0.1) is 11.3 Å². The van der Waals surface area contributed by atoms with Crippen LogP contribution < -0.4 is 10.1 Å². The van der Waals surface area contributed by atoms with E-state index in [0.29, 0.717) is 28.6 Å². The van der Waals surface area contributed by atoms with Crippen LogP contribution in [0.5, 0.6) is 5.75 Å². The number of halogens is 1. The number of esters is 1. The molecule has 1 heterocycles. The molecule has 0 saturated carbocycles. The molecule has 3 aromatic carbocycles. The summed E-state index contributed by atoms with van der Waals surface area (Å²) in [6.45, 7) is 2.32. The molecule has 0 spiro atoms. The van der Waals surface area contributed by atoms with Gasteiger partial charge in [-0.1, -0.05) is 72.3 Å². The normalized spacial score (nSPS) is 11.7. The molecule has 0 bridgehead atoms. The van der Waals surface area contributed by atoms with Crippen molar-refractivity contribution in [1.82, 2.24) is 0 Å². The van der Waals surface area contributed by atoms with Crippen LogP contribution in [-0.2, 0) is 9.53 Å². The zero-order valence-corrected chi connectivity index (χ0v) is 18.8. The molecule has 7 heteroatoms. The molecule has 0 fully saturated rings. The van der Waals surface area contributed by atoms with E-state index >= 15 is 0 Å². The molecule has 32 heavy (non-hydrogen) atoms. The fraction of sp³-hybridized carbons (Fsp3) is 0.120. The van der Waals surface area contributed by atoms with Crippen LogP contribution in [-0.4, -0.2) is 18.5 Å². The van der Waals surface area contributed by atoms with Crippen LogP contribution in [0.15, 0.2) is 78.9 Å². The van der Waals surface area contributed by atoms with Gasteiger partial charge in [-0.2, -0.15) is 0 Å². The van der Waals surface area contributed by atoms with Crippen molar-refractivity contribution in [3.63, 3.8) is 0 Å². The van der Waals surface area contributed by atoms with Crippen LogP contribution in [0.2, 0.25) is 5.02 Å². The molecular weight excluding hydrogens is 446 g/mol. The third kappa shape index (κ3) is 4.61. The summed E-state index contributed by atoms with van der Waals surface area (Å²) in [7, 11) is 0. The Morgan fingerprint density at radius 1 is 0.969 bits per heavy atom. The van der Waals surface area contributed by atoms with E-state index in [1.807, 2.05) is 43.3 Å². The quantitative estimate of drug-likeness (QED) is 0.317. The van der Waals surface area contributed by atoms with Gasteiger partial charge in [0.05, 0.1) is 17.3 Å². The summed E-state index contributed by atoms with van der Waals surface area (Å²) in [6.07, 6.45) is -1.17. The molecule has 162 valence electrons. The molecule has 1 atom stereocenters. The Bertz CT molecular complexity index is 1260. The Kier molecular flexibility index (Phi) is 6.73. The highest BCUT2D eigenvalue weighted by atomic mass is 35.5. The monoisotopic (exact) mass is 465 g/mol. The van der Waals surface area contributed by atoms with E-state index in [-0.39, 0.29) is 4.88 Å². The Morgan fingerprint density at radius 2 is 1.66 bits per heavy atom. The fourth-order valence-electron chi connectivity index (χ4n) is 3.26. The highest BCUT2D eigenvalue weighted by molar-refractivity contribution is 7.21. The predicted octanol–water partition coefficient (Wildman–Crippen LogP) is 6.49. The molecule has 0 aliphatic heterocycles. The maximum atomic E-state index is 13.2. The van der Waals surface area contributed by atoms with Crippen LogP contribution in [0.3, 0.4) is 0 Å². The van der Waals surface area contributed by atoms with E-state index in [4.69, 9.17) is 21.1 Å². The molecule has 1 N–H and O–H groups in total. The Balaban J connectivity index is 1.63. The minimum atomic E-state index is -1.17. The van der Waals surface area contributed by atoms with Gasteiger partial charge in [0.1, 0.15) is 10.6 Å². The van der Waals surface area contributed by atoms with Crippen molar-refractivity contribution in [2.75, 3.05) is 11.9 Å². The van der Waals surface area contributed by atoms with E-state index in [9.17, 15) is 9.59 Å². The SMILES string of the molecule is CCOc1ccccc1NC(=O)C(OC(=O)c1sc2ccccc2c1Cl)c1ccccc1. The summed E-state index contributed by atoms with van der Waals surface area (Å²) in [5.74, 6) is -0.610. The molecule has 5 nitrogen and oxygen atoms in total. The first-order valence-electron chi connectivity index (χ1n) is 10.0. The lowest BCUT2D eigenvalue weighted by Gasteiger charge is -2.19. The average Bonchev–Trinajstić information content (AvgIpc) is 3.16. The van der Waals surface area contributed by atoms with Crippen molar-refractivity contribution in [2.45, 2.75) is 13.0 Å². The lowest BCUT2D eigenvalue weighted by Crippen LogP contribution is -2.26. The first-order valence-corrected chi connectivity index (χ1v) is 11.2. The molecule has 4 rings (SSSR count). The zero-order chi connectivity index (χ0) is 22.5. The van der Waals surface area contributed by atoms with Crippen LogP contribution in [0.1, 0.15) is 28.3 Å². The standard InChI is InChI=1S/C25H20ClNO4S/c1-2-30-19-14-8-7-13-18(19)27-24(28)22(16-10-4-3-5-11-16)31-25(29)23-21(26)17-12-6-9-15-20(17)32-23/h3-15,22H,2H2,1H3,(H,27,28). The number of anilines is 1. The van der Waals surface area contributed by atoms with Crippen molar-refractivity contribution in [3.8, 4) is 5.75 Å². The summed E-state index contributed by atoms with van der Waals surface area (Å²) < 4.78 is 12.2. The number of benzene rings is 3. The van der Waals surface area contributed by atoms with Crippen molar-refractivity contribution in [3.05, 3.63) is 94.3 Å². The minimum Gasteiger partial charge on any atom is -0.492 e. The lowest BCUT2D eigenvalue weighted by molar-refractivity contribution is -0.125. The summed E-state index contributed by atoms with van der Waals surface area (Å²) >= 11 is 7.67. The van der Waals surface area contributed by atoms with E-state index in [1.54, 1.807) is 42.5 Å². The molecule has 1 aromatic heterocycles. The fourth-order valence-corrected chi connectivity index (χ4v) is 4.65. The van der Waals surface area contributed by atoms with Crippen LogP contribution in [0, 0.1) is 0 Å². The number of rotatable bonds is 7. The highest BCUT2D eigenvalue weighted by Crippen LogP contribution is 2.36. The van der Waals surface area contributed by atoms with E-state index in [0.717, 1.165) is 10.1 Å². The third-order valence-corrected chi connectivity index (χ3v) is 6.39. The second-order valence-electron chi connectivity index (χ2n) is 6.86. The van der Waals surface area contributed by atoms with Gasteiger partial charge in [0.25, 0.3) is 5.91 Å². The molecule has 0 radical (unpaired) electrons. The number of carbonyl (C=O) groups excluding carboxylic acids is 2. The van der Waals surface area contributed by atoms with Crippen LogP contribution in [0.4, 0.5) is 5.69 Å². The summed E-state index contributed by atoms with van der Waals surface area (Å²) in [5, 5.41) is 3.92. The smallest absolute Gasteiger partial charge is 0.351 e. The number of nitrogens with one attached hydrogen (secondary N) is 1. The van der Waals surface area contributed by atoms with Gasteiger partial charge >= 0.3 is 5.97 Å². The summed E-state index contributed by atoms with van der Waals surface area (Å²) in [6, 6.07) is 23.4. The largest absolute Gasteiger partial charge is 0.492 e. The Labute approximate surface area is 194 Å². The first-order chi connectivity index (χ1) is 15.6. The molecule has 4 aromatic rings. The number of thiophene rings is 1. The van der Waals surface area contributed by atoms with E-state index in [2.05, 4.69) is 5.32 Å². The van der Waals surface area contributed by atoms with E-state index in [1.165, 1.54) is 11.3 Å². The first kappa shape index (κ1) is 21.9. The molecule has 0 aliphatic carbocycles. The Morgan fingerprint density at radius 3 is 2.41 bits per heavy atom. The van der Waals surface area contributed by atoms with Crippen molar-refractivity contribution in [1.29, 1.82) is 0 Å². The van der Waals surface area contributed by atoms with Crippen LogP contribution >= 0.6 is 22.9 Å². The molecule has 0 aliphatic rings. The van der Waals surface area contributed by atoms with Crippen molar-refractivity contribution >= 4 is 50.6 Å². The van der Waals surface area contributed by atoms with E-state index < -0.39 is 18.0 Å². The molecular formula is C25H20ClNO4S. The van der Waals surface area contributed by atoms with Gasteiger partial charge in [-0.25, -0.2) is 4.79 Å². The zero-order valence-electron chi connectivity index (χ0n) is 17.2. The average molecular weight is 466 g/mol. The van der Waals surface area contributed by atoms with Crippen molar-refractivity contribution in [2.24, 2.45) is 0 Å². The van der Waals surface area contributed by atoms with Gasteiger partial charge in [0.15, 0.2) is 0 Å². The second-order valence-corrected chi connectivity index (χ2v) is 8.29. The van der Waals surface area contributed by atoms with Gasteiger partial charge < -0.3 is 14.8 Å².